The molecule has 0 radical (unpaired) electrons. The van der Waals surface area contributed by atoms with Gasteiger partial charge >= 0.3 is 6.18 Å². The van der Waals surface area contributed by atoms with Crippen molar-refractivity contribution in [2.45, 2.75) is 25.1 Å². The first-order valence-corrected chi connectivity index (χ1v) is 8.92. The number of fused-ring (bicyclic) bond motifs is 1. The number of nitrogens with one attached hydrogen (secondary N) is 1. The maximum Gasteiger partial charge on any atom is 0.423 e. The first-order valence-electron chi connectivity index (χ1n) is 6.95. The third-order valence-electron chi connectivity index (χ3n) is 3.76. The Morgan fingerprint density at radius 2 is 2.00 bits per heavy atom. The highest BCUT2D eigenvalue weighted by Gasteiger charge is 2.39. The molecule has 0 fully saturated rings. The number of hydrogen-bond donors (Lipinski definition) is 2. The van der Waals surface area contributed by atoms with E-state index in [0.717, 1.165) is 6.07 Å². The molecule has 0 aliphatic carbocycles. The van der Waals surface area contributed by atoms with E-state index in [0.29, 0.717) is 23.9 Å². The van der Waals surface area contributed by atoms with Crippen LogP contribution in [0, 0.1) is 10.1 Å². The lowest BCUT2D eigenvalue weighted by Gasteiger charge is -2.22. The number of nitro benzene ring substituents is 1. The van der Waals surface area contributed by atoms with Gasteiger partial charge in [-0.3, -0.25) is 10.1 Å². The molecule has 0 saturated carbocycles. The number of alkyl halides is 3. The molecule has 5 nitrogen and oxygen atoms in total. The zero-order valence-corrected chi connectivity index (χ0v) is 13.9. The van der Waals surface area contributed by atoms with Crippen LogP contribution in [-0.4, -0.2) is 32.9 Å². The van der Waals surface area contributed by atoms with Gasteiger partial charge in [-0.05, 0) is 37.5 Å². The summed E-state index contributed by atoms with van der Waals surface area (Å²) in [4.78, 5) is 12.6. The Hall–Kier alpha value is -1.87. The Morgan fingerprint density at radius 3 is 2.50 bits per heavy atom. The molecule has 2 unspecified atom stereocenters. The Kier molecular flexibility index (Phi) is 4.78. The van der Waals surface area contributed by atoms with E-state index in [1.165, 1.54) is 6.07 Å². The summed E-state index contributed by atoms with van der Waals surface area (Å²) in [6.45, 7) is 1.55. The van der Waals surface area contributed by atoms with Crippen LogP contribution in [0.1, 0.15) is 24.6 Å². The van der Waals surface area contributed by atoms with Crippen LogP contribution in [0.2, 0.25) is 0 Å². The van der Waals surface area contributed by atoms with Crippen LogP contribution in [0.4, 0.5) is 18.9 Å². The molecule has 1 heterocycles. The highest BCUT2D eigenvalue weighted by molar-refractivity contribution is 8.13. The predicted octanol–water partition coefficient (Wildman–Crippen LogP) is 4.02. The molecule has 2 rings (SSSR count). The smallest absolute Gasteiger partial charge is 0.384 e. The van der Waals surface area contributed by atoms with Crippen LogP contribution >= 0.6 is 10.5 Å². The number of nitro groups is 1. The second-order valence-electron chi connectivity index (χ2n) is 5.90. The average molecular weight is 362 g/mol. The third-order valence-corrected chi connectivity index (χ3v) is 4.66. The van der Waals surface area contributed by atoms with Gasteiger partial charge in [0.25, 0.3) is 5.69 Å². The van der Waals surface area contributed by atoms with Crippen LogP contribution in [0.3, 0.4) is 0 Å². The normalized spacial score (nSPS) is 16.1. The van der Waals surface area contributed by atoms with E-state index < -0.39 is 28.0 Å². The van der Waals surface area contributed by atoms with Crippen LogP contribution < -0.4 is 0 Å². The lowest BCUT2D eigenvalue weighted by atomic mass is 9.99. The highest BCUT2D eigenvalue weighted by atomic mass is 32.2. The van der Waals surface area contributed by atoms with Crippen LogP contribution in [0.15, 0.2) is 18.2 Å². The van der Waals surface area contributed by atoms with E-state index in [2.05, 4.69) is 10.9 Å². The van der Waals surface area contributed by atoms with Gasteiger partial charge in [-0.15, -0.1) is 0 Å². The van der Waals surface area contributed by atoms with Crippen LogP contribution in [0.25, 0.3) is 10.9 Å². The first kappa shape index (κ1) is 18.5. The highest BCUT2D eigenvalue weighted by Crippen LogP contribution is 2.39. The van der Waals surface area contributed by atoms with Crippen molar-refractivity contribution in [3.05, 3.63) is 39.6 Å². The van der Waals surface area contributed by atoms with E-state index in [-0.39, 0.29) is 21.4 Å². The summed E-state index contributed by atoms with van der Waals surface area (Å²) in [6.07, 6.45) is -2.55. The number of aromatic nitrogens is 1. The Morgan fingerprint density at radius 1 is 1.38 bits per heavy atom. The number of rotatable bonds is 5. The molecule has 0 bridgehead atoms. The fourth-order valence-corrected chi connectivity index (χ4v) is 3.09. The second-order valence-corrected chi connectivity index (χ2v) is 7.88. The van der Waals surface area contributed by atoms with Crippen LogP contribution in [-0.2, 0) is 11.8 Å². The van der Waals surface area contributed by atoms with Crippen LogP contribution in [0.5, 0.6) is 0 Å². The lowest BCUT2D eigenvalue weighted by molar-refractivity contribution is -0.387. The molecule has 0 aliphatic heterocycles. The molecule has 24 heavy (non-hydrogen) atoms. The quantitative estimate of drug-likeness (QED) is 0.479. The van der Waals surface area contributed by atoms with Crippen molar-refractivity contribution >= 4 is 32.9 Å². The number of halogens is 3. The summed E-state index contributed by atoms with van der Waals surface area (Å²) >= 11 is 0. The van der Waals surface area contributed by atoms with E-state index in [9.17, 15) is 28.4 Å². The van der Waals surface area contributed by atoms with Gasteiger partial charge in [0.2, 0.25) is 0 Å². The maximum absolute atomic E-state index is 13.0. The topological polar surface area (TPSA) is 79.2 Å². The number of H-pyrrole nitrogens is 1. The van der Waals surface area contributed by atoms with Crippen molar-refractivity contribution in [2.24, 2.45) is 0 Å². The van der Waals surface area contributed by atoms with Gasteiger partial charge in [-0.1, -0.05) is 5.87 Å². The fraction of sp³-hybridized carbons (Fsp3) is 0.400. The molecule has 0 amide bonds. The van der Waals surface area contributed by atoms with Crippen molar-refractivity contribution in [1.82, 2.24) is 4.98 Å². The number of benzene rings is 1. The van der Waals surface area contributed by atoms with Gasteiger partial charge in [-0.25, -0.2) is 0 Å². The third kappa shape index (κ3) is 3.78. The number of nitrogens with zero attached hydrogens (tertiary/aromatic N) is 1. The Labute approximate surface area is 138 Å². The molecule has 2 aromatic rings. The number of aromatic amines is 1. The summed E-state index contributed by atoms with van der Waals surface area (Å²) in [6, 6.07) is 3.03. The van der Waals surface area contributed by atoms with Crippen molar-refractivity contribution in [3.63, 3.8) is 0 Å². The molecule has 0 saturated heterocycles. The minimum atomic E-state index is -4.84. The largest absolute Gasteiger partial charge is 0.423 e. The molecule has 0 aliphatic rings. The summed E-state index contributed by atoms with van der Waals surface area (Å²) in [7, 11) is -0.141. The minimum Gasteiger partial charge on any atom is -0.384 e. The summed E-state index contributed by atoms with van der Waals surface area (Å²) in [5.41, 5.74) is -3.20. The molecule has 9 heteroatoms. The van der Waals surface area contributed by atoms with Gasteiger partial charge in [0.15, 0.2) is 0 Å². The first-order chi connectivity index (χ1) is 10.9. The monoisotopic (exact) mass is 362 g/mol. The molecule has 1 aromatic heterocycles. The lowest BCUT2D eigenvalue weighted by Crippen LogP contribution is -2.22. The maximum atomic E-state index is 13.0. The summed E-state index contributed by atoms with van der Waals surface area (Å²) in [5.74, 6) is 4.50. The predicted molar refractivity (Wildman–Crippen MR) is 89.6 cm³/mol. The molecular formula is C15H17F3N2O3S. The average Bonchev–Trinajstić information content (AvgIpc) is 2.86. The Balaban J connectivity index is 2.55. The zero-order valence-electron chi connectivity index (χ0n) is 13.1. The van der Waals surface area contributed by atoms with Crippen molar-refractivity contribution in [2.75, 3.05) is 12.0 Å². The number of aliphatic hydroxyl groups is 1. The van der Waals surface area contributed by atoms with Gasteiger partial charge in [0.1, 0.15) is 11.2 Å². The Bertz CT molecular complexity index is 812. The van der Waals surface area contributed by atoms with E-state index >= 15 is 0 Å². The molecule has 1 aromatic carbocycles. The number of hydrogen-bond acceptors (Lipinski definition) is 3. The van der Waals surface area contributed by atoms with Crippen molar-refractivity contribution < 1.29 is 23.2 Å². The van der Waals surface area contributed by atoms with Gasteiger partial charge in [0, 0.05) is 22.7 Å². The fourth-order valence-electron chi connectivity index (χ4n) is 2.34. The molecular weight excluding hydrogens is 345 g/mol. The SMILES string of the molecule is C=S(C)CCC(C)(O)c1cc2cc([N+](=O)[O-])c(C(F)(F)F)cc2[nH]1. The van der Waals surface area contributed by atoms with E-state index in [1.807, 2.05) is 6.26 Å². The zero-order chi connectivity index (χ0) is 18.3. The molecule has 0 spiro atoms. The van der Waals surface area contributed by atoms with E-state index in [4.69, 9.17) is 0 Å². The van der Waals surface area contributed by atoms with Gasteiger partial charge < -0.3 is 10.1 Å². The van der Waals surface area contributed by atoms with Crippen molar-refractivity contribution in [3.8, 4) is 0 Å². The molecule has 132 valence electrons. The summed E-state index contributed by atoms with van der Waals surface area (Å²) in [5, 5.41) is 21.7. The molecule has 2 atom stereocenters. The summed E-state index contributed by atoms with van der Waals surface area (Å²) < 4.78 is 39.0. The van der Waals surface area contributed by atoms with Gasteiger partial charge in [-0.2, -0.15) is 23.7 Å². The van der Waals surface area contributed by atoms with Crippen molar-refractivity contribution in [1.29, 1.82) is 0 Å². The van der Waals surface area contributed by atoms with E-state index in [1.54, 1.807) is 6.92 Å². The minimum absolute atomic E-state index is 0.0910. The molecule has 2 N–H and O–H groups in total. The standard InChI is InChI=1S/C15H17F3N2O3S/c1-14(21,4-5-24(2)3)13-7-9-6-12(20(22)23)10(15(16,17)18)8-11(9)19-13/h6-8,19,21H,2,4-5H2,1,3H3. The second kappa shape index (κ2) is 6.21. The van der Waals surface area contributed by atoms with Gasteiger partial charge in [0.05, 0.1) is 4.92 Å².